The van der Waals surface area contributed by atoms with Crippen molar-refractivity contribution in [3.63, 3.8) is 0 Å². The Kier molecular flexibility index (Phi) is 9.19. The molecule has 2 aromatic carbocycles. The molecule has 10 heteroatoms. The lowest BCUT2D eigenvalue weighted by molar-refractivity contribution is 0.0664. The minimum absolute atomic E-state index is 0.0145. The highest BCUT2D eigenvalue weighted by molar-refractivity contribution is 9.10. The molecule has 2 aromatic rings. The van der Waals surface area contributed by atoms with Gasteiger partial charge in [-0.05, 0) is 71.6 Å². The summed E-state index contributed by atoms with van der Waals surface area (Å²) >= 11 is 8.71. The normalized spacial score (nSPS) is 14.0. The molecule has 8 nitrogen and oxygen atoms in total. The maximum absolute atomic E-state index is 12.8. The van der Waals surface area contributed by atoms with E-state index in [9.17, 15) is 9.59 Å². The van der Waals surface area contributed by atoms with Gasteiger partial charge in [0.05, 0.1) is 11.1 Å². The number of benzene rings is 2. The second-order valence-electron chi connectivity index (χ2n) is 7.57. The van der Waals surface area contributed by atoms with E-state index in [0.717, 1.165) is 13.1 Å². The molecular weight excluding hydrogens is 508 g/mol. The third kappa shape index (κ3) is 7.23. The zero-order valence-electron chi connectivity index (χ0n) is 18.6. The number of nitrogens with one attached hydrogen (secondary N) is 2. The van der Waals surface area contributed by atoms with Crippen molar-refractivity contribution in [1.29, 1.82) is 0 Å². The van der Waals surface area contributed by atoms with Gasteiger partial charge in [-0.15, -0.1) is 0 Å². The topological polar surface area (TPSA) is 83.1 Å². The van der Waals surface area contributed by atoms with Crippen LogP contribution in [-0.4, -0.2) is 80.3 Å². The van der Waals surface area contributed by atoms with Crippen molar-refractivity contribution >= 4 is 50.8 Å². The largest absolute Gasteiger partial charge is 0.490 e. The lowest BCUT2D eigenvalue weighted by atomic mass is 10.1. The molecule has 1 aliphatic rings. The first-order valence-electron chi connectivity index (χ1n) is 10.5. The van der Waals surface area contributed by atoms with Gasteiger partial charge in [0.2, 0.25) is 0 Å². The molecule has 176 valence electrons. The SMILES string of the molecule is COCCOc1ccc(C(=O)NC(=S)Nc2cccc(C(=O)N3CCN(C)CC3)c2)cc1Br. The predicted molar refractivity (Wildman–Crippen MR) is 135 cm³/mol. The minimum Gasteiger partial charge on any atom is -0.490 e. The monoisotopic (exact) mass is 534 g/mol. The van der Waals surface area contributed by atoms with Gasteiger partial charge >= 0.3 is 0 Å². The lowest BCUT2D eigenvalue weighted by Crippen LogP contribution is -2.47. The molecule has 2 N–H and O–H groups in total. The van der Waals surface area contributed by atoms with Crippen LogP contribution in [-0.2, 0) is 4.74 Å². The van der Waals surface area contributed by atoms with Crippen LogP contribution in [0.25, 0.3) is 0 Å². The lowest BCUT2D eigenvalue weighted by Gasteiger charge is -2.32. The van der Waals surface area contributed by atoms with Gasteiger partial charge in [-0.1, -0.05) is 6.07 Å². The Bertz CT molecular complexity index is 1010. The molecule has 0 radical (unpaired) electrons. The van der Waals surface area contributed by atoms with E-state index in [1.165, 1.54) is 0 Å². The number of nitrogens with zero attached hydrogens (tertiary/aromatic N) is 2. The Balaban J connectivity index is 1.57. The van der Waals surface area contributed by atoms with E-state index in [1.807, 2.05) is 11.9 Å². The van der Waals surface area contributed by atoms with E-state index in [2.05, 4.69) is 31.5 Å². The molecule has 0 atom stereocenters. The number of hydrogen-bond donors (Lipinski definition) is 2. The van der Waals surface area contributed by atoms with Crippen molar-refractivity contribution in [3.8, 4) is 5.75 Å². The highest BCUT2D eigenvalue weighted by Gasteiger charge is 2.20. The summed E-state index contributed by atoms with van der Waals surface area (Å²) < 4.78 is 11.2. The number of anilines is 1. The Morgan fingerprint density at radius 3 is 2.52 bits per heavy atom. The van der Waals surface area contributed by atoms with E-state index in [0.29, 0.717) is 53.3 Å². The fourth-order valence-electron chi connectivity index (χ4n) is 3.25. The standard InChI is InChI=1S/C23H27BrN4O4S/c1-27-8-10-28(11-9-27)22(30)17-4-3-5-18(14-17)25-23(33)26-21(29)16-6-7-20(19(24)15-16)32-13-12-31-2/h3-7,14-15H,8-13H2,1-2H3,(H2,25,26,29,33). The van der Waals surface area contributed by atoms with Crippen molar-refractivity contribution in [2.45, 2.75) is 0 Å². The van der Waals surface area contributed by atoms with Crippen molar-refractivity contribution in [2.75, 3.05) is 58.9 Å². The van der Waals surface area contributed by atoms with Gasteiger partial charge in [0.25, 0.3) is 11.8 Å². The number of rotatable bonds is 7. The van der Waals surface area contributed by atoms with Gasteiger partial charge in [0, 0.05) is 50.1 Å². The smallest absolute Gasteiger partial charge is 0.257 e. The molecule has 1 saturated heterocycles. The zero-order chi connectivity index (χ0) is 23.8. The van der Waals surface area contributed by atoms with Crippen LogP contribution in [0.1, 0.15) is 20.7 Å². The highest BCUT2D eigenvalue weighted by atomic mass is 79.9. The Morgan fingerprint density at radius 1 is 1.06 bits per heavy atom. The second-order valence-corrected chi connectivity index (χ2v) is 8.83. The van der Waals surface area contributed by atoms with Crippen LogP contribution in [0, 0.1) is 0 Å². The number of methoxy groups -OCH3 is 1. The summed E-state index contributed by atoms with van der Waals surface area (Å²) in [6, 6.07) is 12.1. The number of carbonyl (C=O) groups excluding carboxylic acids is 2. The number of carbonyl (C=O) groups is 2. The quantitative estimate of drug-likeness (QED) is 0.417. The summed E-state index contributed by atoms with van der Waals surface area (Å²) in [5, 5.41) is 5.78. The molecule has 0 aliphatic carbocycles. The van der Waals surface area contributed by atoms with E-state index in [1.54, 1.807) is 49.6 Å². The molecule has 0 bridgehead atoms. The second kappa shape index (κ2) is 12.1. The van der Waals surface area contributed by atoms with Gasteiger partial charge in [-0.3, -0.25) is 14.9 Å². The molecule has 0 aromatic heterocycles. The Hall–Kier alpha value is -2.53. The number of piperazine rings is 1. The van der Waals surface area contributed by atoms with Gasteiger partial charge in [-0.25, -0.2) is 0 Å². The number of likely N-dealkylation sites (N-methyl/N-ethyl adjacent to an activating group) is 1. The van der Waals surface area contributed by atoms with Gasteiger partial charge < -0.3 is 24.6 Å². The average Bonchev–Trinajstić information content (AvgIpc) is 2.80. The number of thiocarbonyl (C=S) groups is 1. The molecule has 2 amide bonds. The fraction of sp³-hybridized carbons (Fsp3) is 0.348. The van der Waals surface area contributed by atoms with Crippen LogP contribution in [0.15, 0.2) is 46.9 Å². The third-order valence-corrected chi connectivity index (χ3v) is 5.95. The predicted octanol–water partition coefficient (Wildman–Crippen LogP) is 2.99. The highest BCUT2D eigenvalue weighted by Crippen LogP contribution is 2.26. The van der Waals surface area contributed by atoms with Crippen LogP contribution >= 0.6 is 28.1 Å². The molecule has 1 aliphatic heterocycles. The molecule has 1 fully saturated rings. The number of amides is 2. The van der Waals surface area contributed by atoms with Crippen LogP contribution in [0.2, 0.25) is 0 Å². The summed E-state index contributed by atoms with van der Waals surface area (Å²) in [5.41, 5.74) is 1.62. The average molecular weight is 535 g/mol. The van der Waals surface area contributed by atoms with Crippen LogP contribution in [0.4, 0.5) is 5.69 Å². The van der Waals surface area contributed by atoms with Crippen molar-refractivity contribution < 1.29 is 19.1 Å². The summed E-state index contributed by atoms with van der Waals surface area (Å²) in [6.07, 6.45) is 0. The summed E-state index contributed by atoms with van der Waals surface area (Å²) in [5.74, 6) is 0.242. The molecule has 0 spiro atoms. The maximum Gasteiger partial charge on any atom is 0.257 e. The summed E-state index contributed by atoms with van der Waals surface area (Å²) in [6.45, 7) is 3.99. The Morgan fingerprint density at radius 2 is 1.82 bits per heavy atom. The first-order chi connectivity index (χ1) is 15.9. The first-order valence-corrected chi connectivity index (χ1v) is 11.7. The van der Waals surface area contributed by atoms with E-state index >= 15 is 0 Å². The molecular formula is C23H27BrN4O4S. The van der Waals surface area contributed by atoms with Crippen molar-refractivity contribution in [1.82, 2.24) is 15.1 Å². The van der Waals surface area contributed by atoms with Crippen LogP contribution < -0.4 is 15.4 Å². The molecule has 3 rings (SSSR count). The third-order valence-electron chi connectivity index (χ3n) is 5.12. The maximum atomic E-state index is 12.8. The number of ether oxygens (including phenoxy) is 2. The summed E-state index contributed by atoms with van der Waals surface area (Å²) in [7, 11) is 3.65. The van der Waals surface area contributed by atoms with Crippen LogP contribution in [0.3, 0.4) is 0 Å². The van der Waals surface area contributed by atoms with Gasteiger partial charge in [-0.2, -0.15) is 0 Å². The van der Waals surface area contributed by atoms with Crippen molar-refractivity contribution in [3.05, 3.63) is 58.1 Å². The van der Waals surface area contributed by atoms with E-state index in [4.69, 9.17) is 21.7 Å². The molecule has 33 heavy (non-hydrogen) atoms. The molecule has 1 heterocycles. The molecule has 0 unspecified atom stereocenters. The summed E-state index contributed by atoms with van der Waals surface area (Å²) in [4.78, 5) is 29.4. The van der Waals surface area contributed by atoms with Gasteiger partial charge in [0.1, 0.15) is 12.4 Å². The van der Waals surface area contributed by atoms with Gasteiger partial charge in [0.15, 0.2) is 5.11 Å². The minimum atomic E-state index is -0.360. The Labute approximate surface area is 207 Å². The fourth-order valence-corrected chi connectivity index (χ4v) is 3.96. The van der Waals surface area contributed by atoms with Crippen molar-refractivity contribution in [2.24, 2.45) is 0 Å². The zero-order valence-corrected chi connectivity index (χ0v) is 21.0. The van der Waals surface area contributed by atoms with E-state index in [-0.39, 0.29) is 16.9 Å². The first kappa shape index (κ1) is 25.1. The van der Waals surface area contributed by atoms with E-state index < -0.39 is 0 Å². The molecule has 0 saturated carbocycles. The number of hydrogen-bond acceptors (Lipinski definition) is 6. The number of halogens is 1. The van der Waals surface area contributed by atoms with Crippen LogP contribution in [0.5, 0.6) is 5.75 Å².